The van der Waals surface area contributed by atoms with Gasteiger partial charge in [0.25, 0.3) is 0 Å². The van der Waals surface area contributed by atoms with E-state index in [0.717, 1.165) is 37.0 Å². The van der Waals surface area contributed by atoms with Gasteiger partial charge in [-0.05, 0) is 63.1 Å². The fraction of sp³-hybridized carbons (Fsp3) is 0.692. The fourth-order valence-corrected chi connectivity index (χ4v) is 7.92. The molecule has 0 aliphatic carbocycles. The number of hydrogen-bond acceptors (Lipinski definition) is 8. The number of rotatable bonds is 37. The van der Waals surface area contributed by atoms with E-state index in [-0.39, 0.29) is 24.2 Å². The minimum Gasteiger partial charge on any atom is -0.507 e. The maximum atomic E-state index is 13.3. The second-order valence-corrected chi connectivity index (χ2v) is 17.2. The van der Waals surface area contributed by atoms with Gasteiger partial charge in [0.1, 0.15) is 29.7 Å². The van der Waals surface area contributed by atoms with Crippen molar-refractivity contribution in [3.8, 4) is 40.0 Å². The predicted molar refractivity (Wildman–Crippen MR) is 249 cm³/mol. The van der Waals surface area contributed by atoms with Gasteiger partial charge in [-0.25, -0.2) is 15.0 Å². The maximum absolute atomic E-state index is 13.3. The molecule has 336 valence electrons. The summed E-state index contributed by atoms with van der Waals surface area (Å²) in [7, 11) is 1.63. The summed E-state index contributed by atoms with van der Waals surface area (Å²) in [6.45, 7) is 8.14. The molecule has 0 aliphatic heterocycles. The highest BCUT2D eigenvalue weighted by molar-refractivity contribution is 5.84. The van der Waals surface area contributed by atoms with Crippen LogP contribution in [-0.2, 0) is 9.53 Å². The van der Waals surface area contributed by atoms with Gasteiger partial charge in [-0.1, -0.05) is 181 Å². The predicted octanol–water partition coefficient (Wildman–Crippen LogP) is 14.9. The smallest absolute Gasteiger partial charge is 0.198 e. The molecule has 3 rings (SSSR count). The van der Waals surface area contributed by atoms with Crippen LogP contribution in [0, 0.1) is 6.92 Å². The van der Waals surface area contributed by atoms with Crippen molar-refractivity contribution >= 4 is 5.78 Å². The van der Waals surface area contributed by atoms with E-state index < -0.39 is 6.10 Å². The Balaban J connectivity index is 1.43. The molecular weight excluding hydrogens is 747 g/mol. The Morgan fingerprint density at radius 3 is 1.47 bits per heavy atom. The molecule has 0 saturated carbocycles. The molecule has 0 amide bonds. The lowest BCUT2D eigenvalue weighted by Gasteiger charge is -2.20. The van der Waals surface area contributed by atoms with Gasteiger partial charge in [-0.15, -0.1) is 0 Å². The van der Waals surface area contributed by atoms with E-state index in [1.54, 1.807) is 33.1 Å². The number of nitrogens with zero attached hydrogens (tertiary/aromatic N) is 3. The Morgan fingerprint density at radius 2 is 1.02 bits per heavy atom. The Labute approximate surface area is 365 Å². The zero-order chi connectivity index (χ0) is 43.0. The first kappa shape index (κ1) is 50.8. The topological polar surface area (TPSA) is 104 Å². The number of Topliss-reactive ketones (excluding diaryl/α,β-unsaturated/α-hetero) is 1. The number of benzene rings is 2. The van der Waals surface area contributed by atoms with Gasteiger partial charge in [-0.2, -0.15) is 0 Å². The highest BCUT2D eigenvalue weighted by Crippen LogP contribution is 2.32. The summed E-state index contributed by atoms with van der Waals surface area (Å²) in [5, 5.41) is 11.0. The molecule has 1 N–H and O–H groups in total. The number of phenols is 1. The van der Waals surface area contributed by atoms with Crippen molar-refractivity contribution in [1.29, 1.82) is 0 Å². The number of aryl methyl sites for hydroxylation is 1. The van der Waals surface area contributed by atoms with Gasteiger partial charge in [0.15, 0.2) is 23.5 Å². The van der Waals surface area contributed by atoms with Crippen molar-refractivity contribution in [3.05, 3.63) is 48.3 Å². The number of aromatic nitrogens is 3. The zero-order valence-corrected chi connectivity index (χ0v) is 38.6. The number of unbranched alkanes of at least 4 members (excludes halogenated alkanes) is 24. The molecule has 0 spiro atoms. The Bertz CT molecular complexity index is 1550. The maximum Gasteiger partial charge on any atom is 0.198 e. The van der Waals surface area contributed by atoms with Crippen molar-refractivity contribution in [2.24, 2.45) is 0 Å². The summed E-state index contributed by atoms with van der Waals surface area (Å²) >= 11 is 0. The van der Waals surface area contributed by atoms with Gasteiger partial charge >= 0.3 is 0 Å². The van der Waals surface area contributed by atoms with Gasteiger partial charge < -0.3 is 19.3 Å². The van der Waals surface area contributed by atoms with Crippen LogP contribution in [0.1, 0.15) is 206 Å². The summed E-state index contributed by atoms with van der Waals surface area (Å²) in [6, 6.07) is 12.4. The molecule has 8 nitrogen and oxygen atoms in total. The van der Waals surface area contributed by atoms with E-state index in [4.69, 9.17) is 14.2 Å². The number of hydrogen-bond donors (Lipinski definition) is 1. The molecular formula is C52H83N3O5. The number of ether oxygens (including phenoxy) is 3. The lowest BCUT2D eigenvalue weighted by atomic mass is 10.0. The highest BCUT2D eigenvalue weighted by atomic mass is 16.5. The first-order valence-electron chi connectivity index (χ1n) is 24.4. The zero-order valence-electron chi connectivity index (χ0n) is 38.6. The lowest BCUT2D eigenvalue weighted by molar-refractivity contribution is -0.132. The molecule has 0 fully saturated rings. The number of carbonyl (C=O) groups is 1. The second kappa shape index (κ2) is 32.2. The number of phenolic OH excluding ortho intramolecular Hbond substituents is 1. The van der Waals surface area contributed by atoms with Crippen molar-refractivity contribution in [3.63, 3.8) is 0 Å². The van der Waals surface area contributed by atoms with Crippen molar-refractivity contribution in [1.82, 2.24) is 15.0 Å². The van der Waals surface area contributed by atoms with Gasteiger partial charge in [-0.3, -0.25) is 4.79 Å². The van der Waals surface area contributed by atoms with Crippen LogP contribution in [-0.4, -0.2) is 51.8 Å². The Morgan fingerprint density at radius 1 is 0.583 bits per heavy atom. The fourth-order valence-electron chi connectivity index (χ4n) is 7.92. The first-order valence-corrected chi connectivity index (χ1v) is 24.4. The molecule has 0 bridgehead atoms. The van der Waals surface area contributed by atoms with E-state index in [2.05, 4.69) is 28.8 Å². The molecule has 0 radical (unpaired) electrons. The van der Waals surface area contributed by atoms with Crippen molar-refractivity contribution < 1.29 is 24.1 Å². The average Bonchev–Trinajstić information content (AvgIpc) is 3.25. The number of aromatic hydroxyl groups is 1. The summed E-state index contributed by atoms with van der Waals surface area (Å²) < 4.78 is 17.6. The summed E-state index contributed by atoms with van der Waals surface area (Å²) in [5.41, 5.74) is 1.27. The van der Waals surface area contributed by atoms with Crippen LogP contribution in [0.15, 0.2) is 42.5 Å². The van der Waals surface area contributed by atoms with Crippen molar-refractivity contribution in [2.75, 3.05) is 13.7 Å². The minimum atomic E-state index is -0.718. The molecule has 1 aromatic heterocycles. The molecule has 60 heavy (non-hydrogen) atoms. The van der Waals surface area contributed by atoms with Gasteiger partial charge in [0.2, 0.25) is 0 Å². The normalized spacial score (nSPS) is 12.4. The SMILES string of the molecule is CCCCCCCCCCCCCCCCC(CCCCCCCCCCCCCC)OCC(=O)C(C)Oc1ccc(-c2nc(C)nc(-c3ccc(OC)cc3)n2)c(O)c1. The standard InChI is InChI=1S/C52H83N3O5/c1-6-8-10-12-14-16-18-20-21-23-25-27-29-31-33-46(32-30-28-26-24-22-19-17-15-13-11-9-7-2)59-41-50(57)42(3)60-47-38-39-48(49(56)40-47)52-54-43(4)53-51(55-52)44-34-36-45(58-5)37-35-44/h34-40,42,46,56H,6-33,41H2,1-5H3. The van der Waals surface area contributed by atoms with Crippen LogP contribution in [0.25, 0.3) is 22.8 Å². The molecule has 0 aliphatic rings. The van der Waals surface area contributed by atoms with Crippen LogP contribution in [0.2, 0.25) is 0 Å². The Hall–Kier alpha value is -3.52. The summed E-state index contributed by atoms with van der Waals surface area (Å²) in [4.78, 5) is 26.9. The summed E-state index contributed by atoms with van der Waals surface area (Å²) in [6.07, 6.45) is 36.2. The molecule has 2 atom stereocenters. The lowest BCUT2D eigenvalue weighted by Crippen LogP contribution is -2.30. The second-order valence-electron chi connectivity index (χ2n) is 17.2. The first-order chi connectivity index (χ1) is 29.3. The monoisotopic (exact) mass is 830 g/mol. The quantitative estimate of drug-likeness (QED) is 0.0573. The van der Waals surface area contributed by atoms with Crippen LogP contribution >= 0.6 is 0 Å². The number of methoxy groups -OCH3 is 1. The molecule has 2 aromatic carbocycles. The van der Waals surface area contributed by atoms with E-state index in [9.17, 15) is 9.90 Å². The van der Waals surface area contributed by atoms with Gasteiger partial charge in [0, 0.05) is 11.6 Å². The minimum absolute atomic E-state index is 0.0328. The van der Waals surface area contributed by atoms with E-state index in [1.807, 2.05) is 24.3 Å². The van der Waals surface area contributed by atoms with E-state index in [1.165, 1.54) is 160 Å². The third kappa shape index (κ3) is 21.8. The largest absolute Gasteiger partial charge is 0.507 e. The molecule has 2 unspecified atom stereocenters. The number of carbonyl (C=O) groups excluding carboxylic acids is 1. The van der Waals surface area contributed by atoms with E-state index >= 15 is 0 Å². The van der Waals surface area contributed by atoms with Crippen LogP contribution in [0.3, 0.4) is 0 Å². The highest BCUT2D eigenvalue weighted by Gasteiger charge is 2.20. The molecule has 8 heteroatoms. The van der Waals surface area contributed by atoms with Crippen LogP contribution < -0.4 is 9.47 Å². The average molecular weight is 830 g/mol. The van der Waals surface area contributed by atoms with Gasteiger partial charge in [0.05, 0.1) is 18.8 Å². The molecule has 3 aromatic rings. The molecule has 1 heterocycles. The van der Waals surface area contributed by atoms with Crippen LogP contribution in [0.5, 0.6) is 17.2 Å². The van der Waals surface area contributed by atoms with E-state index in [0.29, 0.717) is 28.8 Å². The molecule has 0 saturated heterocycles. The van der Waals surface area contributed by atoms with Crippen molar-refractivity contribution in [2.45, 2.75) is 220 Å². The summed E-state index contributed by atoms with van der Waals surface area (Å²) in [5.74, 6) is 2.39. The van der Waals surface area contributed by atoms with Crippen LogP contribution in [0.4, 0.5) is 0 Å². The Kier molecular flexibility index (Phi) is 27.3. The third-order valence-corrected chi connectivity index (χ3v) is 11.8. The number of ketones is 1. The third-order valence-electron chi connectivity index (χ3n) is 11.8.